The molecule has 9 heteroatoms. The lowest BCUT2D eigenvalue weighted by Gasteiger charge is -2.16. The Morgan fingerprint density at radius 3 is 2.37 bits per heavy atom. The van der Waals surface area contributed by atoms with Crippen LogP contribution in [-0.2, 0) is 19.8 Å². The minimum absolute atomic E-state index is 0.0186. The molecule has 0 aromatic rings. The van der Waals surface area contributed by atoms with E-state index in [0.717, 1.165) is 10.7 Å². The van der Waals surface area contributed by atoms with Gasteiger partial charge in [0.2, 0.25) is 5.91 Å². The van der Waals surface area contributed by atoms with Gasteiger partial charge in [0.05, 0.1) is 6.42 Å². The van der Waals surface area contributed by atoms with Crippen LogP contribution in [0.5, 0.6) is 0 Å². The molecule has 0 aromatic heterocycles. The molecular formula is C10H21N3O5S. The molecule has 0 saturated heterocycles. The van der Waals surface area contributed by atoms with Crippen molar-refractivity contribution >= 4 is 22.1 Å². The maximum absolute atomic E-state index is 11.6. The number of nitrogens with zero attached hydrogens (tertiary/aromatic N) is 1. The van der Waals surface area contributed by atoms with Gasteiger partial charge in [0.25, 0.3) is 10.2 Å². The standard InChI is InChI=1S/C10H21N3O5S/c1-3-6-11-9(14)4-7-12-19(17,18)13(2)8-5-10(15)16/h12H,3-8H2,1-2H3,(H,11,14)(H,15,16). The van der Waals surface area contributed by atoms with Crippen LogP contribution in [0.3, 0.4) is 0 Å². The van der Waals surface area contributed by atoms with Crippen molar-refractivity contribution in [3.8, 4) is 0 Å². The van der Waals surface area contributed by atoms with E-state index in [-0.39, 0.29) is 31.8 Å². The van der Waals surface area contributed by atoms with Crippen LogP contribution < -0.4 is 10.0 Å². The van der Waals surface area contributed by atoms with Crippen LogP contribution in [0.25, 0.3) is 0 Å². The van der Waals surface area contributed by atoms with Crippen molar-refractivity contribution in [1.29, 1.82) is 0 Å². The van der Waals surface area contributed by atoms with Crippen molar-refractivity contribution in [2.24, 2.45) is 0 Å². The lowest BCUT2D eigenvalue weighted by molar-refractivity contribution is -0.137. The Hall–Kier alpha value is -1.19. The van der Waals surface area contributed by atoms with Crippen LogP contribution in [0.1, 0.15) is 26.2 Å². The second kappa shape index (κ2) is 8.83. The Morgan fingerprint density at radius 2 is 1.84 bits per heavy atom. The van der Waals surface area contributed by atoms with Gasteiger partial charge >= 0.3 is 5.97 Å². The number of carbonyl (C=O) groups excluding carboxylic acids is 1. The molecule has 0 rings (SSSR count). The van der Waals surface area contributed by atoms with Gasteiger partial charge in [-0.05, 0) is 6.42 Å². The van der Waals surface area contributed by atoms with E-state index in [1.54, 1.807) is 0 Å². The van der Waals surface area contributed by atoms with E-state index < -0.39 is 16.2 Å². The van der Waals surface area contributed by atoms with Crippen LogP contribution in [0, 0.1) is 0 Å². The van der Waals surface area contributed by atoms with Crippen molar-refractivity contribution < 1.29 is 23.1 Å². The molecule has 1 amide bonds. The van der Waals surface area contributed by atoms with Crippen molar-refractivity contribution in [1.82, 2.24) is 14.3 Å². The molecular weight excluding hydrogens is 274 g/mol. The summed E-state index contributed by atoms with van der Waals surface area (Å²) < 4.78 is 26.4. The van der Waals surface area contributed by atoms with E-state index in [1.807, 2.05) is 6.92 Å². The monoisotopic (exact) mass is 295 g/mol. The van der Waals surface area contributed by atoms with E-state index in [9.17, 15) is 18.0 Å². The van der Waals surface area contributed by atoms with E-state index >= 15 is 0 Å². The van der Waals surface area contributed by atoms with Crippen LogP contribution in [0.15, 0.2) is 0 Å². The van der Waals surface area contributed by atoms with Gasteiger partial charge < -0.3 is 10.4 Å². The van der Waals surface area contributed by atoms with Gasteiger partial charge in [-0.15, -0.1) is 0 Å². The van der Waals surface area contributed by atoms with Gasteiger partial charge in [0, 0.05) is 33.1 Å². The molecule has 0 radical (unpaired) electrons. The zero-order valence-electron chi connectivity index (χ0n) is 11.2. The first-order valence-electron chi connectivity index (χ1n) is 5.99. The molecule has 0 fully saturated rings. The molecule has 0 saturated carbocycles. The third kappa shape index (κ3) is 8.51. The van der Waals surface area contributed by atoms with Crippen LogP contribution >= 0.6 is 0 Å². The molecule has 0 aliphatic heterocycles. The highest BCUT2D eigenvalue weighted by Crippen LogP contribution is 1.96. The second-order valence-corrected chi connectivity index (χ2v) is 5.83. The highest BCUT2D eigenvalue weighted by Gasteiger charge is 2.17. The van der Waals surface area contributed by atoms with Crippen molar-refractivity contribution in [3.05, 3.63) is 0 Å². The summed E-state index contributed by atoms with van der Waals surface area (Å²) >= 11 is 0. The Balaban J connectivity index is 4.02. The third-order valence-corrected chi connectivity index (χ3v) is 3.83. The Bertz CT molecular complexity index is 396. The van der Waals surface area contributed by atoms with Gasteiger partial charge in [-0.1, -0.05) is 6.92 Å². The van der Waals surface area contributed by atoms with Gasteiger partial charge in [-0.25, -0.2) is 4.72 Å². The maximum atomic E-state index is 11.6. The number of amides is 1. The zero-order valence-corrected chi connectivity index (χ0v) is 12.0. The van der Waals surface area contributed by atoms with Gasteiger partial charge in [0.15, 0.2) is 0 Å². The zero-order chi connectivity index (χ0) is 14.9. The molecule has 0 aliphatic carbocycles. The molecule has 8 nitrogen and oxygen atoms in total. The fourth-order valence-electron chi connectivity index (χ4n) is 1.13. The summed E-state index contributed by atoms with van der Waals surface area (Å²) in [6.45, 7) is 2.34. The minimum Gasteiger partial charge on any atom is -0.481 e. The summed E-state index contributed by atoms with van der Waals surface area (Å²) in [7, 11) is -2.45. The predicted octanol–water partition coefficient (Wildman–Crippen LogP) is -0.856. The predicted molar refractivity (Wildman–Crippen MR) is 69.7 cm³/mol. The van der Waals surface area contributed by atoms with Crippen LogP contribution in [0.4, 0.5) is 0 Å². The van der Waals surface area contributed by atoms with Gasteiger partial charge in [-0.2, -0.15) is 12.7 Å². The highest BCUT2D eigenvalue weighted by atomic mass is 32.2. The van der Waals surface area contributed by atoms with E-state index in [1.165, 1.54) is 7.05 Å². The highest BCUT2D eigenvalue weighted by molar-refractivity contribution is 7.87. The average Bonchev–Trinajstić information content (AvgIpc) is 2.32. The first-order valence-corrected chi connectivity index (χ1v) is 7.43. The number of aliphatic carboxylic acids is 1. The number of rotatable bonds is 10. The lowest BCUT2D eigenvalue weighted by atomic mass is 10.4. The summed E-state index contributed by atoms with van der Waals surface area (Å²) in [5.41, 5.74) is 0. The summed E-state index contributed by atoms with van der Waals surface area (Å²) in [4.78, 5) is 21.6. The number of hydrogen-bond acceptors (Lipinski definition) is 4. The van der Waals surface area contributed by atoms with Crippen molar-refractivity contribution in [2.45, 2.75) is 26.2 Å². The maximum Gasteiger partial charge on any atom is 0.304 e. The summed E-state index contributed by atoms with van der Waals surface area (Å²) in [5, 5.41) is 11.1. The fraction of sp³-hybridized carbons (Fsp3) is 0.800. The first-order chi connectivity index (χ1) is 8.79. The second-order valence-electron chi connectivity index (χ2n) is 3.96. The largest absolute Gasteiger partial charge is 0.481 e. The molecule has 0 spiro atoms. The Labute approximate surface area is 113 Å². The van der Waals surface area contributed by atoms with E-state index in [0.29, 0.717) is 6.54 Å². The molecule has 19 heavy (non-hydrogen) atoms. The number of carboxylic acids is 1. The van der Waals surface area contributed by atoms with Gasteiger partial charge in [-0.3, -0.25) is 9.59 Å². The molecule has 3 N–H and O–H groups in total. The molecule has 0 heterocycles. The van der Waals surface area contributed by atoms with Crippen LogP contribution in [0.2, 0.25) is 0 Å². The molecule has 0 unspecified atom stereocenters. The molecule has 112 valence electrons. The smallest absolute Gasteiger partial charge is 0.304 e. The Morgan fingerprint density at radius 1 is 1.21 bits per heavy atom. The number of nitrogens with one attached hydrogen (secondary N) is 2. The quantitative estimate of drug-likeness (QED) is 0.485. The van der Waals surface area contributed by atoms with E-state index in [2.05, 4.69) is 10.0 Å². The molecule has 0 atom stereocenters. The molecule has 0 bridgehead atoms. The number of carboxylic acid groups (broad SMARTS) is 1. The number of carbonyl (C=O) groups is 2. The first kappa shape index (κ1) is 17.8. The minimum atomic E-state index is -3.73. The molecule has 0 aliphatic rings. The van der Waals surface area contributed by atoms with Crippen molar-refractivity contribution in [2.75, 3.05) is 26.7 Å². The third-order valence-electron chi connectivity index (χ3n) is 2.26. The van der Waals surface area contributed by atoms with Crippen molar-refractivity contribution in [3.63, 3.8) is 0 Å². The summed E-state index contributed by atoms with van der Waals surface area (Å²) in [5.74, 6) is -1.29. The fourth-order valence-corrected chi connectivity index (χ4v) is 2.04. The Kier molecular flexibility index (Phi) is 8.28. The number of hydrogen-bond donors (Lipinski definition) is 3. The van der Waals surface area contributed by atoms with E-state index in [4.69, 9.17) is 5.11 Å². The summed E-state index contributed by atoms with van der Waals surface area (Å²) in [6.07, 6.45) is 0.593. The summed E-state index contributed by atoms with van der Waals surface area (Å²) in [6, 6.07) is 0. The topological polar surface area (TPSA) is 116 Å². The molecule has 0 aromatic carbocycles. The van der Waals surface area contributed by atoms with Gasteiger partial charge in [0.1, 0.15) is 0 Å². The normalized spacial score (nSPS) is 11.5. The lowest BCUT2D eigenvalue weighted by Crippen LogP contribution is -2.40. The average molecular weight is 295 g/mol. The SMILES string of the molecule is CCCNC(=O)CCNS(=O)(=O)N(C)CCC(=O)O. The van der Waals surface area contributed by atoms with Crippen LogP contribution in [-0.4, -0.2) is 56.4 Å².